The average Bonchev–Trinajstić information content (AvgIpc) is 2.52. The Morgan fingerprint density at radius 2 is 2.00 bits per heavy atom. The maximum absolute atomic E-state index is 5.48. The van der Waals surface area contributed by atoms with Crippen LogP contribution in [0.5, 0.6) is 5.75 Å². The Morgan fingerprint density at radius 3 is 2.67 bits per heavy atom. The van der Waals surface area contributed by atoms with Crippen LogP contribution in [-0.2, 0) is 0 Å². The molecule has 100 valence electrons. The Hall–Kier alpha value is -1.22. The van der Waals surface area contributed by atoms with E-state index in [1.54, 1.807) is 0 Å². The van der Waals surface area contributed by atoms with Crippen LogP contribution >= 0.6 is 0 Å². The van der Waals surface area contributed by atoms with Gasteiger partial charge in [-0.15, -0.1) is 0 Å². The van der Waals surface area contributed by atoms with E-state index in [9.17, 15) is 0 Å². The summed E-state index contributed by atoms with van der Waals surface area (Å²) in [6.45, 7) is 10.5. The van der Waals surface area contributed by atoms with Crippen LogP contribution in [0.25, 0.3) is 0 Å². The summed E-state index contributed by atoms with van der Waals surface area (Å²) in [6, 6.07) is 8.44. The van der Waals surface area contributed by atoms with Gasteiger partial charge in [-0.25, -0.2) is 0 Å². The molecule has 0 bridgehead atoms. The Balaban J connectivity index is 2.09. The van der Waals surface area contributed by atoms with Gasteiger partial charge in [0, 0.05) is 24.3 Å². The van der Waals surface area contributed by atoms with Crippen LogP contribution in [0.15, 0.2) is 24.3 Å². The Labute approximate surface area is 110 Å². The number of benzene rings is 1. The summed E-state index contributed by atoms with van der Waals surface area (Å²) in [7, 11) is 0. The number of nitrogens with one attached hydrogen (secondary N) is 1. The van der Waals surface area contributed by atoms with Crippen LogP contribution in [0.3, 0.4) is 0 Å². The van der Waals surface area contributed by atoms with E-state index in [1.807, 2.05) is 6.92 Å². The van der Waals surface area contributed by atoms with Gasteiger partial charge in [0.15, 0.2) is 0 Å². The van der Waals surface area contributed by atoms with Gasteiger partial charge in [0.05, 0.1) is 6.61 Å². The van der Waals surface area contributed by atoms with Crippen molar-refractivity contribution in [3.05, 3.63) is 24.3 Å². The number of nitrogens with zero attached hydrogens (tertiary/aromatic N) is 1. The van der Waals surface area contributed by atoms with Gasteiger partial charge in [0.2, 0.25) is 0 Å². The summed E-state index contributed by atoms with van der Waals surface area (Å²) in [5.74, 6) is 0.952. The number of hydrogen-bond donors (Lipinski definition) is 1. The maximum Gasteiger partial charge on any atom is 0.119 e. The quantitative estimate of drug-likeness (QED) is 0.890. The fourth-order valence-corrected chi connectivity index (χ4v) is 2.45. The van der Waals surface area contributed by atoms with Crippen molar-refractivity contribution < 1.29 is 4.74 Å². The standard InChI is InChI=1S/C15H24N2O/c1-4-18-14-8-6-13(7-9-14)17-11-5-10-16-15(2,3)12-17/h6-9,16H,4-5,10-12H2,1-3H3. The fourth-order valence-electron chi connectivity index (χ4n) is 2.45. The van der Waals surface area contributed by atoms with Gasteiger partial charge in [-0.3, -0.25) is 0 Å². The van der Waals surface area contributed by atoms with Crippen LogP contribution in [0.4, 0.5) is 5.69 Å². The summed E-state index contributed by atoms with van der Waals surface area (Å²) in [6.07, 6.45) is 1.19. The van der Waals surface area contributed by atoms with Crippen molar-refractivity contribution in [1.29, 1.82) is 0 Å². The van der Waals surface area contributed by atoms with Crippen LogP contribution in [-0.4, -0.2) is 31.8 Å². The smallest absolute Gasteiger partial charge is 0.119 e. The van der Waals surface area contributed by atoms with E-state index in [2.05, 4.69) is 48.3 Å². The van der Waals surface area contributed by atoms with E-state index in [4.69, 9.17) is 4.74 Å². The first-order chi connectivity index (χ1) is 8.61. The largest absolute Gasteiger partial charge is 0.494 e. The molecule has 0 amide bonds. The van der Waals surface area contributed by atoms with Crippen LogP contribution in [0, 0.1) is 0 Å². The van der Waals surface area contributed by atoms with Crippen molar-refractivity contribution >= 4 is 5.69 Å². The highest BCUT2D eigenvalue weighted by molar-refractivity contribution is 5.49. The zero-order valence-corrected chi connectivity index (χ0v) is 11.7. The lowest BCUT2D eigenvalue weighted by molar-refractivity contribution is 0.340. The number of rotatable bonds is 3. The summed E-state index contributed by atoms with van der Waals surface area (Å²) in [4.78, 5) is 2.45. The van der Waals surface area contributed by atoms with E-state index < -0.39 is 0 Å². The van der Waals surface area contributed by atoms with Crippen molar-refractivity contribution in [3.8, 4) is 5.75 Å². The van der Waals surface area contributed by atoms with E-state index in [1.165, 1.54) is 12.1 Å². The van der Waals surface area contributed by atoms with E-state index in [0.717, 1.165) is 32.0 Å². The Kier molecular flexibility index (Phi) is 4.12. The SMILES string of the molecule is CCOc1ccc(N2CCCNC(C)(C)C2)cc1. The first kappa shape index (κ1) is 13.2. The predicted octanol–water partition coefficient (Wildman–Crippen LogP) is 2.66. The molecule has 1 N–H and O–H groups in total. The van der Waals surface area contributed by atoms with Gasteiger partial charge in [0.1, 0.15) is 5.75 Å². The third-order valence-electron chi connectivity index (χ3n) is 3.31. The molecule has 0 saturated carbocycles. The van der Waals surface area contributed by atoms with Gasteiger partial charge in [-0.1, -0.05) is 0 Å². The minimum Gasteiger partial charge on any atom is -0.494 e. The minimum absolute atomic E-state index is 0.176. The first-order valence-electron chi connectivity index (χ1n) is 6.83. The topological polar surface area (TPSA) is 24.5 Å². The molecule has 1 aromatic carbocycles. The van der Waals surface area contributed by atoms with Gasteiger partial charge in [0.25, 0.3) is 0 Å². The van der Waals surface area contributed by atoms with E-state index in [0.29, 0.717) is 0 Å². The molecule has 2 rings (SSSR count). The molecule has 3 heteroatoms. The highest BCUT2D eigenvalue weighted by Crippen LogP contribution is 2.22. The normalized spacial score (nSPS) is 19.4. The molecule has 1 saturated heterocycles. The molecule has 1 heterocycles. The monoisotopic (exact) mass is 248 g/mol. The van der Waals surface area contributed by atoms with E-state index >= 15 is 0 Å². The third kappa shape index (κ3) is 3.39. The summed E-state index contributed by atoms with van der Waals surface area (Å²) < 4.78 is 5.48. The average molecular weight is 248 g/mol. The number of ether oxygens (including phenoxy) is 1. The second-order valence-corrected chi connectivity index (χ2v) is 5.51. The van der Waals surface area contributed by atoms with Crippen LogP contribution in [0.2, 0.25) is 0 Å². The number of hydrogen-bond acceptors (Lipinski definition) is 3. The lowest BCUT2D eigenvalue weighted by Gasteiger charge is -2.31. The fraction of sp³-hybridized carbons (Fsp3) is 0.600. The molecule has 1 aromatic rings. The molecule has 1 aliphatic heterocycles. The van der Waals surface area contributed by atoms with Gasteiger partial charge in [-0.05, 0) is 58.0 Å². The molecular formula is C15H24N2O. The lowest BCUT2D eigenvalue weighted by Crippen LogP contribution is -2.46. The Bertz CT molecular complexity index is 373. The van der Waals surface area contributed by atoms with Crippen LogP contribution in [0.1, 0.15) is 27.2 Å². The van der Waals surface area contributed by atoms with Gasteiger partial charge >= 0.3 is 0 Å². The highest BCUT2D eigenvalue weighted by atomic mass is 16.5. The molecule has 0 atom stereocenters. The molecule has 1 fully saturated rings. The molecule has 18 heavy (non-hydrogen) atoms. The van der Waals surface area contributed by atoms with Gasteiger partial charge in [-0.2, -0.15) is 0 Å². The lowest BCUT2D eigenvalue weighted by atomic mass is 10.1. The number of anilines is 1. The summed E-state index contributed by atoms with van der Waals surface area (Å²) >= 11 is 0. The van der Waals surface area contributed by atoms with Crippen molar-refractivity contribution in [3.63, 3.8) is 0 Å². The van der Waals surface area contributed by atoms with Crippen molar-refractivity contribution in [2.75, 3.05) is 31.1 Å². The first-order valence-corrected chi connectivity index (χ1v) is 6.83. The van der Waals surface area contributed by atoms with Crippen molar-refractivity contribution in [2.45, 2.75) is 32.7 Å². The van der Waals surface area contributed by atoms with Crippen molar-refractivity contribution in [2.24, 2.45) is 0 Å². The second-order valence-electron chi connectivity index (χ2n) is 5.51. The molecule has 0 spiro atoms. The maximum atomic E-state index is 5.48. The van der Waals surface area contributed by atoms with Crippen LogP contribution < -0.4 is 15.0 Å². The molecule has 0 radical (unpaired) electrons. The van der Waals surface area contributed by atoms with Crippen molar-refractivity contribution in [1.82, 2.24) is 5.32 Å². The Morgan fingerprint density at radius 1 is 1.28 bits per heavy atom. The molecule has 1 aliphatic rings. The predicted molar refractivity (Wildman–Crippen MR) is 76.5 cm³/mol. The summed E-state index contributed by atoms with van der Waals surface area (Å²) in [5.41, 5.74) is 1.46. The minimum atomic E-state index is 0.176. The zero-order valence-electron chi connectivity index (χ0n) is 11.7. The molecule has 0 aliphatic carbocycles. The zero-order chi connectivity index (χ0) is 13.0. The molecule has 0 unspecified atom stereocenters. The highest BCUT2D eigenvalue weighted by Gasteiger charge is 2.23. The molecular weight excluding hydrogens is 224 g/mol. The third-order valence-corrected chi connectivity index (χ3v) is 3.31. The van der Waals surface area contributed by atoms with Gasteiger partial charge < -0.3 is 15.0 Å². The second kappa shape index (κ2) is 5.61. The van der Waals surface area contributed by atoms with E-state index in [-0.39, 0.29) is 5.54 Å². The molecule has 0 aromatic heterocycles. The summed E-state index contributed by atoms with van der Waals surface area (Å²) in [5, 5.41) is 3.59. The molecule has 3 nitrogen and oxygen atoms in total.